The maximum absolute atomic E-state index is 13.1. The Morgan fingerprint density at radius 3 is 1.67 bits per heavy atom. The average molecular weight is 358 g/mol. The highest BCUT2D eigenvalue weighted by molar-refractivity contribution is 5.91. The third-order valence-electron chi connectivity index (χ3n) is 4.63. The van der Waals surface area contributed by atoms with Gasteiger partial charge in [-0.2, -0.15) is 0 Å². The van der Waals surface area contributed by atoms with E-state index in [2.05, 4.69) is 24.4 Å². The van der Waals surface area contributed by atoms with Gasteiger partial charge in [0.05, 0.1) is 0 Å². The lowest BCUT2D eigenvalue weighted by atomic mass is 10.1. The molecule has 0 saturated carbocycles. The molecule has 0 bridgehead atoms. The summed E-state index contributed by atoms with van der Waals surface area (Å²) < 4.78 is 0. The van der Waals surface area contributed by atoms with Crippen molar-refractivity contribution in [1.29, 1.82) is 0 Å². The van der Waals surface area contributed by atoms with Crippen molar-refractivity contribution >= 4 is 11.7 Å². The van der Waals surface area contributed by atoms with Gasteiger partial charge in [0.2, 0.25) is 0 Å². The minimum absolute atomic E-state index is 0.0854. The van der Waals surface area contributed by atoms with E-state index >= 15 is 0 Å². The Bertz CT molecular complexity index is 840. The van der Waals surface area contributed by atoms with Crippen molar-refractivity contribution in [2.75, 3.05) is 5.32 Å². The molecule has 0 saturated heterocycles. The Hall–Kier alpha value is -3.07. The fourth-order valence-electron chi connectivity index (χ4n) is 3.37. The summed E-state index contributed by atoms with van der Waals surface area (Å²) in [7, 11) is 0. The molecule has 27 heavy (non-hydrogen) atoms. The minimum atomic E-state index is -0.0854. The molecule has 1 N–H and O–H groups in total. The summed E-state index contributed by atoms with van der Waals surface area (Å²) in [6.45, 7) is 7.27. The smallest absolute Gasteiger partial charge is 0.316 e. The molecule has 3 heteroatoms. The number of benzene rings is 3. The highest BCUT2D eigenvalue weighted by Gasteiger charge is 2.17. The van der Waals surface area contributed by atoms with E-state index in [0.29, 0.717) is 13.1 Å². The van der Waals surface area contributed by atoms with Crippen LogP contribution < -0.4 is 5.32 Å². The number of rotatable bonds is 5. The van der Waals surface area contributed by atoms with Gasteiger partial charge in [0, 0.05) is 18.8 Å². The predicted molar refractivity (Wildman–Crippen MR) is 112 cm³/mol. The number of nitrogens with zero attached hydrogens (tertiary/aromatic N) is 1. The second-order valence-corrected chi connectivity index (χ2v) is 7.03. The van der Waals surface area contributed by atoms with Gasteiger partial charge in [0.1, 0.15) is 0 Å². The van der Waals surface area contributed by atoms with Crippen LogP contribution in [-0.4, -0.2) is 10.9 Å². The lowest BCUT2D eigenvalue weighted by Gasteiger charge is -2.25. The largest absolute Gasteiger partial charge is 0.322 e. The van der Waals surface area contributed by atoms with Gasteiger partial charge in [-0.25, -0.2) is 4.79 Å². The highest BCUT2D eigenvalue weighted by Crippen LogP contribution is 2.23. The van der Waals surface area contributed by atoms with Gasteiger partial charge in [-0.15, -0.1) is 0 Å². The first-order valence-electron chi connectivity index (χ1n) is 9.24. The van der Waals surface area contributed by atoms with Crippen molar-refractivity contribution in [3.8, 4) is 0 Å². The van der Waals surface area contributed by atoms with Gasteiger partial charge in [-0.05, 0) is 43.0 Å². The molecule has 0 unspecified atom stereocenters. The van der Waals surface area contributed by atoms with Crippen molar-refractivity contribution < 1.29 is 4.79 Å². The van der Waals surface area contributed by atoms with Crippen LogP contribution >= 0.6 is 0 Å². The summed E-state index contributed by atoms with van der Waals surface area (Å²) in [5.41, 5.74) is 6.49. The van der Waals surface area contributed by atoms with Crippen molar-refractivity contribution in [3.63, 3.8) is 0 Å². The first kappa shape index (κ1) is 18.7. The van der Waals surface area contributed by atoms with Crippen LogP contribution in [0.3, 0.4) is 0 Å². The molecule has 3 nitrogen and oxygen atoms in total. The molecule has 0 aliphatic carbocycles. The normalized spacial score (nSPS) is 10.5. The van der Waals surface area contributed by atoms with Gasteiger partial charge in [0.15, 0.2) is 0 Å². The molecule has 3 aromatic rings. The Morgan fingerprint density at radius 2 is 1.22 bits per heavy atom. The minimum Gasteiger partial charge on any atom is -0.316 e. The van der Waals surface area contributed by atoms with E-state index in [0.717, 1.165) is 27.9 Å². The van der Waals surface area contributed by atoms with E-state index < -0.39 is 0 Å². The van der Waals surface area contributed by atoms with Crippen LogP contribution in [-0.2, 0) is 13.1 Å². The Labute approximate surface area is 161 Å². The summed E-state index contributed by atoms with van der Waals surface area (Å²) in [6.07, 6.45) is 0. The zero-order valence-electron chi connectivity index (χ0n) is 16.2. The molecular weight excluding hydrogens is 332 g/mol. The van der Waals surface area contributed by atoms with E-state index in [1.807, 2.05) is 79.4 Å². The Morgan fingerprint density at radius 1 is 0.778 bits per heavy atom. The summed E-state index contributed by atoms with van der Waals surface area (Å²) >= 11 is 0. The van der Waals surface area contributed by atoms with Gasteiger partial charge in [-0.1, -0.05) is 78.4 Å². The number of carbonyl (C=O) groups excluding carboxylic acids is 1. The zero-order valence-corrected chi connectivity index (χ0v) is 16.2. The van der Waals surface area contributed by atoms with Gasteiger partial charge >= 0.3 is 6.03 Å². The van der Waals surface area contributed by atoms with Crippen LogP contribution in [0.25, 0.3) is 0 Å². The first-order chi connectivity index (χ1) is 13.0. The van der Waals surface area contributed by atoms with Crippen molar-refractivity contribution in [3.05, 3.63) is 101 Å². The highest BCUT2D eigenvalue weighted by atomic mass is 16.2. The topological polar surface area (TPSA) is 32.3 Å². The second-order valence-electron chi connectivity index (χ2n) is 7.03. The molecule has 2 amide bonds. The molecular formula is C24H26N2O. The molecule has 3 aromatic carbocycles. The van der Waals surface area contributed by atoms with Crippen LogP contribution in [0.4, 0.5) is 10.5 Å². The number of aryl methyl sites for hydroxylation is 3. The summed E-state index contributed by atoms with van der Waals surface area (Å²) in [6, 6.07) is 24.3. The van der Waals surface area contributed by atoms with Gasteiger partial charge in [-0.3, -0.25) is 0 Å². The van der Waals surface area contributed by atoms with E-state index in [-0.39, 0.29) is 6.03 Å². The van der Waals surface area contributed by atoms with Crippen LogP contribution in [0.15, 0.2) is 72.8 Å². The summed E-state index contributed by atoms with van der Waals surface area (Å²) in [5.74, 6) is 0. The third-order valence-corrected chi connectivity index (χ3v) is 4.63. The zero-order chi connectivity index (χ0) is 19.2. The van der Waals surface area contributed by atoms with Crippen molar-refractivity contribution in [2.45, 2.75) is 33.9 Å². The number of hydrogen-bond acceptors (Lipinski definition) is 1. The van der Waals surface area contributed by atoms with Crippen LogP contribution in [0.2, 0.25) is 0 Å². The number of hydrogen-bond donors (Lipinski definition) is 1. The fourth-order valence-corrected chi connectivity index (χ4v) is 3.37. The number of carbonyl (C=O) groups is 1. The molecule has 0 aromatic heterocycles. The van der Waals surface area contributed by atoms with Gasteiger partial charge < -0.3 is 10.2 Å². The molecule has 3 rings (SSSR count). The predicted octanol–water partition coefficient (Wildman–Crippen LogP) is 5.85. The molecule has 0 aliphatic rings. The monoisotopic (exact) mass is 358 g/mol. The summed E-state index contributed by atoms with van der Waals surface area (Å²) in [4.78, 5) is 15.0. The molecule has 0 aliphatic heterocycles. The van der Waals surface area contributed by atoms with E-state index in [1.165, 1.54) is 5.56 Å². The standard InChI is InChI=1S/C24H26N2O/c1-18-14-19(2)23(20(3)15-18)25-24(27)26(16-21-10-6-4-7-11-21)17-22-12-8-5-9-13-22/h4-15H,16-17H2,1-3H3,(H,25,27). The second kappa shape index (κ2) is 8.54. The molecule has 0 radical (unpaired) electrons. The Balaban J connectivity index is 1.84. The van der Waals surface area contributed by atoms with Crippen LogP contribution in [0, 0.1) is 20.8 Å². The Kier molecular flexibility index (Phi) is 5.92. The van der Waals surface area contributed by atoms with Crippen molar-refractivity contribution in [1.82, 2.24) is 4.90 Å². The number of urea groups is 1. The van der Waals surface area contributed by atoms with E-state index in [4.69, 9.17) is 0 Å². The average Bonchev–Trinajstić information content (AvgIpc) is 2.65. The molecule has 0 heterocycles. The number of anilines is 1. The van der Waals surface area contributed by atoms with Gasteiger partial charge in [0.25, 0.3) is 0 Å². The van der Waals surface area contributed by atoms with Crippen LogP contribution in [0.5, 0.6) is 0 Å². The lowest BCUT2D eigenvalue weighted by molar-refractivity contribution is 0.206. The lowest BCUT2D eigenvalue weighted by Crippen LogP contribution is -2.34. The van der Waals surface area contributed by atoms with E-state index in [1.54, 1.807) is 0 Å². The summed E-state index contributed by atoms with van der Waals surface area (Å²) in [5, 5.41) is 3.13. The molecule has 0 fully saturated rings. The molecule has 0 spiro atoms. The maximum atomic E-state index is 13.1. The first-order valence-corrected chi connectivity index (χ1v) is 9.24. The fraction of sp³-hybridized carbons (Fsp3) is 0.208. The van der Waals surface area contributed by atoms with Crippen molar-refractivity contribution in [2.24, 2.45) is 0 Å². The quantitative estimate of drug-likeness (QED) is 0.610. The van der Waals surface area contributed by atoms with E-state index in [9.17, 15) is 4.79 Å². The number of nitrogens with one attached hydrogen (secondary N) is 1. The maximum Gasteiger partial charge on any atom is 0.322 e. The number of amides is 2. The SMILES string of the molecule is Cc1cc(C)c(NC(=O)N(Cc2ccccc2)Cc2ccccc2)c(C)c1. The molecule has 138 valence electrons. The van der Waals surface area contributed by atoms with Crippen LogP contribution in [0.1, 0.15) is 27.8 Å². The third kappa shape index (κ3) is 4.98. The molecule has 0 atom stereocenters.